The van der Waals surface area contributed by atoms with Crippen molar-refractivity contribution in [3.8, 4) is 5.75 Å². The van der Waals surface area contributed by atoms with Crippen LogP contribution >= 0.6 is 23.4 Å². The van der Waals surface area contributed by atoms with Crippen LogP contribution in [-0.2, 0) is 4.74 Å². The molecule has 32 heavy (non-hydrogen) atoms. The minimum atomic E-state index is -1.63. The van der Waals surface area contributed by atoms with Crippen molar-refractivity contribution in [3.05, 3.63) is 53.2 Å². The van der Waals surface area contributed by atoms with Gasteiger partial charge < -0.3 is 34.5 Å². The average molecular weight is 488 g/mol. The Kier molecular flexibility index (Phi) is 6.64. The lowest BCUT2D eigenvalue weighted by Gasteiger charge is -2.40. The van der Waals surface area contributed by atoms with Crippen molar-refractivity contribution in [3.63, 3.8) is 0 Å². The van der Waals surface area contributed by atoms with Crippen LogP contribution in [-0.4, -0.2) is 63.1 Å². The molecule has 0 amide bonds. The summed E-state index contributed by atoms with van der Waals surface area (Å²) < 4.78 is 41.3. The normalized spacial score (nSPS) is 25.9. The number of nitrogens with zero attached hydrogens (tertiary/aromatic N) is 1. The molecule has 0 saturated carbocycles. The molecule has 0 radical (unpaired) electrons. The quantitative estimate of drug-likeness (QED) is 0.438. The third kappa shape index (κ3) is 3.96. The molecule has 1 aliphatic heterocycles. The molecule has 0 bridgehead atoms. The maximum Gasteiger partial charge on any atom is 0.163 e. The van der Waals surface area contributed by atoms with E-state index in [2.05, 4.69) is 0 Å². The fraction of sp³-hybridized carbons (Fsp3) is 0.333. The average Bonchev–Trinajstić information content (AvgIpc) is 3.16. The summed E-state index contributed by atoms with van der Waals surface area (Å²) in [5, 5.41) is 40.5. The molecular weight excluding hydrogens is 468 g/mol. The molecule has 172 valence electrons. The lowest BCUT2D eigenvalue weighted by Crippen LogP contribution is -2.56. The summed E-state index contributed by atoms with van der Waals surface area (Å²) in [5.41, 5.74) is 0.146. The summed E-state index contributed by atoms with van der Waals surface area (Å²) in [4.78, 5) is 0.471. The first-order valence-corrected chi connectivity index (χ1v) is 10.8. The van der Waals surface area contributed by atoms with Crippen LogP contribution in [0.5, 0.6) is 5.75 Å². The van der Waals surface area contributed by atoms with Crippen LogP contribution in [0, 0.1) is 11.6 Å². The zero-order chi connectivity index (χ0) is 23.2. The number of fused-ring (bicyclic) bond motifs is 1. The summed E-state index contributed by atoms with van der Waals surface area (Å²) in [6.45, 7) is -0.624. The predicted octanol–water partition coefficient (Wildman–Crippen LogP) is 2.71. The van der Waals surface area contributed by atoms with Crippen LogP contribution in [0.2, 0.25) is 5.02 Å². The molecule has 3 aromatic rings. The van der Waals surface area contributed by atoms with Crippen LogP contribution in [0.1, 0.15) is 6.23 Å². The number of aliphatic hydroxyl groups is 4. The fourth-order valence-corrected chi connectivity index (χ4v) is 4.93. The molecule has 4 rings (SSSR count). The number of aromatic nitrogens is 1. The maximum atomic E-state index is 14.9. The summed E-state index contributed by atoms with van der Waals surface area (Å²) >= 11 is 7.27. The van der Waals surface area contributed by atoms with Gasteiger partial charge in [-0.05, 0) is 24.3 Å². The largest absolute Gasteiger partial charge is 0.497 e. The monoisotopic (exact) mass is 487 g/mol. The third-order valence-electron chi connectivity index (χ3n) is 5.34. The minimum Gasteiger partial charge on any atom is -0.497 e. The fourth-order valence-electron chi connectivity index (χ4n) is 3.68. The van der Waals surface area contributed by atoms with E-state index in [1.807, 2.05) is 0 Å². The van der Waals surface area contributed by atoms with Gasteiger partial charge in [-0.3, -0.25) is 0 Å². The van der Waals surface area contributed by atoms with Gasteiger partial charge in [-0.15, -0.1) is 0 Å². The van der Waals surface area contributed by atoms with Gasteiger partial charge in [0.05, 0.1) is 29.6 Å². The molecule has 11 heteroatoms. The van der Waals surface area contributed by atoms with Crippen molar-refractivity contribution in [1.82, 2.24) is 4.57 Å². The van der Waals surface area contributed by atoms with Gasteiger partial charge in [0.15, 0.2) is 6.23 Å². The molecule has 0 spiro atoms. The van der Waals surface area contributed by atoms with Gasteiger partial charge >= 0.3 is 0 Å². The molecule has 1 saturated heterocycles. The van der Waals surface area contributed by atoms with Crippen LogP contribution in [0.15, 0.2) is 46.3 Å². The number of aliphatic hydroxyl groups excluding tert-OH is 4. The molecule has 5 atom stereocenters. The van der Waals surface area contributed by atoms with E-state index in [1.54, 1.807) is 6.07 Å². The molecule has 7 nitrogen and oxygen atoms in total. The smallest absolute Gasteiger partial charge is 0.163 e. The van der Waals surface area contributed by atoms with E-state index in [0.717, 1.165) is 17.8 Å². The van der Waals surface area contributed by atoms with Crippen LogP contribution in [0.4, 0.5) is 8.78 Å². The van der Waals surface area contributed by atoms with Gasteiger partial charge in [0.2, 0.25) is 0 Å². The Labute approximate surface area is 190 Å². The molecule has 0 aliphatic carbocycles. The number of hydrogen-bond acceptors (Lipinski definition) is 7. The topological polar surface area (TPSA) is 104 Å². The summed E-state index contributed by atoms with van der Waals surface area (Å²) in [7, 11) is 1.41. The van der Waals surface area contributed by atoms with Crippen LogP contribution in [0.3, 0.4) is 0 Å². The maximum absolute atomic E-state index is 14.9. The van der Waals surface area contributed by atoms with E-state index in [9.17, 15) is 29.2 Å². The Morgan fingerprint density at radius 3 is 2.47 bits per heavy atom. The Bertz CT molecular complexity index is 1140. The lowest BCUT2D eigenvalue weighted by molar-refractivity contribution is -0.250. The van der Waals surface area contributed by atoms with E-state index in [0.29, 0.717) is 5.75 Å². The zero-order valence-electron chi connectivity index (χ0n) is 16.7. The first-order chi connectivity index (χ1) is 15.3. The molecule has 2 heterocycles. The van der Waals surface area contributed by atoms with Crippen LogP contribution in [0.25, 0.3) is 10.9 Å². The highest BCUT2D eigenvalue weighted by molar-refractivity contribution is 7.99. The Morgan fingerprint density at radius 2 is 1.81 bits per heavy atom. The van der Waals surface area contributed by atoms with Gasteiger partial charge in [-0.25, -0.2) is 8.78 Å². The molecular formula is C21H20ClF2NO6S. The van der Waals surface area contributed by atoms with Crippen molar-refractivity contribution in [2.45, 2.75) is 40.4 Å². The van der Waals surface area contributed by atoms with Crippen molar-refractivity contribution in [2.75, 3.05) is 13.7 Å². The first kappa shape index (κ1) is 23.2. The number of hydrogen-bond donors (Lipinski definition) is 4. The van der Waals surface area contributed by atoms with Crippen molar-refractivity contribution >= 4 is 34.3 Å². The van der Waals surface area contributed by atoms with Crippen molar-refractivity contribution in [1.29, 1.82) is 0 Å². The highest BCUT2D eigenvalue weighted by Gasteiger charge is 2.45. The van der Waals surface area contributed by atoms with Gasteiger partial charge in [0, 0.05) is 22.1 Å². The molecule has 2 aromatic carbocycles. The highest BCUT2D eigenvalue weighted by Crippen LogP contribution is 2.43. The van der Waals surface area contributed by atoms with Crippen molar-refractivity contribution in [2.24, 2.45) is 0 Å². The summed E-state index contributed by atoms with van der Waals surface area (Å²) in [6.07, 6.45) is -5.85. The number of benzene rings is 2. The summed E-state index contributed by atoms with van der Waals surface area (Å²) in [6, 6.07) is 6.73. The first-order valence-electron chi connectivity index (χ1n) is 9.57. The van der Waals surface area contributed by atoms with E-state index in [-0.39, 0.29) is 25.7 Å². The van der Waals surface area contributed by atoms with E-state index in [4.69, 9.17) is 21.1 Å². The number of halogens is 3. The second-order valence-corrected chi connectivity index (χ2v) is 8.76. The van der Waals surface area contributed by atoms with E-state index >= 15 is 0 Å². The Balaban J connectivity index is 1.84. The van der Waals surface area contributed by atoms with Gasteiger partial charge in [-0.1, -0.05) is 23.4 Å². The zero-order valence-corrected chi connectivity index (χ0v) is 18.2. The molecule has 1 aliphatic rings. The lowest BCUT2D eigenvalue weighted by atomic mass is 9.98. The highest BCUT2D eigenvalue weighted by atomic mass is 35.5. The molecule has 4 N–H and O–H groups in total. The number of methoxy groups -OCH3 is 1. The number of ether oxygens (including phenoxy) is 2. The number of rotatable bonds is 5. The summed E-state index contributed by atoms with van der Waals surface area (Å²) in [5.74, 6) is -0.889. The van der Waals surface area contributed by atoms with Gasteiger partial charge in [0.1, 0.15) is 41.8 Å². The Hall–Kier alpha value is -1.92. The van der Waals surface area contributed by atoms with E-state index in [1.165, 1.54) is 36.1 Å². The van der Waals surface area contributed by atoms with Crippen LogP contribution < -0.4 is 4.74 Å². The van der Waals surface area contributed by atoms with E-state index < -0.39 is 48.9 Å². The molecule has 1 aromatic heterocycles. The van der Waals surface area contributed by atoms with Gasteiger partial charge in [-0.2, -0.15) is 0 Å². The Morgan fingerprint density at radius 1 is 1.06 bits per heavy atom. The predicted molar refractivity (Wildman–Crippen MR) is 113 cm³/mol. The minimum absolute atomic E-state index is 0.0645. The SMILES string of the molecule is COc1ccc(Sc2cn([C@@H]3O[C@H](CO)[C@@H](O)[C@H](O)[C@H]3O)c3c(Cl)ccc(F)c23)c(F)c1. The van der Waals surface area contributed by atoms with Crippen molar-refractivity contribution < 1.29 is 38.7 Å². The second kappa shape index (κ2) is 9.14. The standard InChI is InChI=1S/C21H20ClF2NO6S/c1-30-9-2-5-14(12(24)6-9)32-15-7-25(17-10(22)3-4-11(23)16(15)17)21-20(29)19(28)18(27)13(8-26)31-21/h2-7,13,18-21,26-29H,8H2,1H3/t13-,18-,19+,20-,21-/m1/s1. The third-order valence-corrected chi connectivity index (χ3v) is 6.72. The second-order valence-electron chi connectivity index (χ2n) is 7.27. The van der Waals surface area contributed by atoms with Gasteiger partial charge in [0.25, 0.3) is 0 Å². The molecule has 0 unspecified atom stereocenters. The molecule has 1 fully saturated rings.